The van der Waals surface area contributed by atoms with Crippen LogP contribution >= 0.6 is 0 Å². The number of nitrogens with one attached hydrogen (secondary N) is 1. The molecule has 3 N–H and O–H groups in total. The van der Waals surface area contributed by atoms with E-state index in [1.807, 2.05) is 35.8 Å². The average Bonchev–Trinajstić information content (AvgIpc) is 2.86. The number of hydrazine groups is 1. The van der Waals surface area contributed by atoms with Gasteiger partial charge in [-0.15, -0.1) is 0 Å². The Morgan fingerprint density at radius 3 is 2.88 bits per heavy atom. The summed E-state index contributed by atoms with van der Waals surface area (Å²) in [6.45, 7) is -0.128. The molecule has 0 radical (unpaired) electrons. The third-order valence-electron chi connectivity index (χ3n) is 2.11. The third-order valence-corrected chi connectivity index (χ3v) is 2.11. The van der Waals surface area contributed by atoms with Crippen LogP contribution < -0.4 is 16.0 Å². The van der Waals surface area contributed by atoms with E-state index in [0.717, 1.165) is 5.69 Å². The molecule has 0 aliphatic carbocycles. The van der Waals surface area contributed by atoms with E-state index >= 15 is 0 Å². The van der Waals surface area contributed by atoms with Crippen molar-refractivity contribution in [2.75, 3.05) is 6.61 Å². The van der Waals surface area contributed by atoms with Crippen molar-refractivity contribution in [3.8, 4) is 11.4 Å². The molecule has 1 aromatic heterocycles. The zero-order valence-electron chi connectivity index (χ0n) is 9.04. The molecule has 1 amide bonds. The fourth-order valence-corrected chi connectivity index (χ4v) is 1.29. The summed E-state index contributed by atoms with van der Waals surface area (Å²) in [5, 5.41) is 4.12. The summed E-state index contributed by atoms with van der Waals surface area (Å²) in [7, 11) is 0. The number of rotatable bonds is 4. The predicted molar refractivity (Wildman–Crippen MR) is 61.4 cm³/mol. The number of hydrogen-bond donors (Lipinski definition) is 2. The molecule has 2 aromatic rings. The van der Waals surface area contributed by atoms with E-state index in [4.69, 9.17) is 10.6 Å². The van der Waals surface area contributed by atoms with E-state index in [1.54, 1.807) is 10.9 Å². The topological polar surface area (TPSA) is 82.2 Å². The van der Waals surface area contributed by atoms with Gasteiger partial charge in [-0.25, -0.2) is 10.5 Å². The molecular weight excluding hydrogens is 220 g/mol. The van der Waals surface area contributed by atoms with Gasteiger partial charge in [-0.1, -0.05) is 18.2 Å². The van der Waals surface area contributed by atoms with Crippen LogP contribution in [0.3, 0.4) is 0 Å². The second kappa shape index (κ2) is 5.13. The van der Waals surface area contributed by atoms with Crippen LogP contribution in [0.25, 0.3) is 5.69 Å². The van der Waals surface area contributed by atoms with E-state index in [2.05, 4.69) is 5.10 Å². The average molecular weight is 232 g/mol. The number of ether oxygens (including phenoxy) is 1. The Labute approximate surface area is 98.0 Å². The highest BCUT2D eigenvalue weighted by Crippen LogP contribution is 2.12. The standard InChI is InChI=1S/C11H12N4O2/c12-14-11(16)8-17-10-6-13-15(7-10)9-4-2-1-3-5-9/h1-7H,8,12H2,(H,14,16). The highest BCUT2D eigenvalue weighted by atomic mass is 16.5. The number of hydrogen-bond acceptors (Lipinski definition) is 4. The lowest BCUT2D eigenvalue weighted by Gasteiger charge is -2.01. The fraction of sp³-hybridized carbons (Fsp3) is 0.0909. The minimum Gasteiger partial charge on any atom is -0.480 e. The Kier molecular flexibility index (Phi) is 3.37. The molecule has 1 aromatic carbocycles. The van der Waals surface area contributed by atoms with Crippen molar-refractivity contribution in [2.24, 2.45) is 5.84 Å². The van der Waals surface area contributed by atoms with Crippen LogP contribution in [0.15, 0.2) is 42.7 Å². The van der Waals surface area contributed by atoms with Gasteiger partial charge in [-0.05, 0) is 12.1 Å². The van der Waals surface area contributed by atoms with Gasteiger partial charge in [-0.3, -0.25) is 10.2 Å². The minimum atomic E-state index is -0.391. The normalized spacial score (nSPS) is 9.94. The van der Waals surface area contributed by atoms with Crippen molar-refractivity contribution in [3.63, 3.8) is 0 Å². The number of nitrogens with zero attached hydrogens (tertiary/aromatic N) is 2. The number of carbonyl (C=O) groups is 1. The predicted octanol–water partition coefficient (Wildman–Crippen LogP) is 0.241. The SMILES string of the molecule is NNC(=O)COc1cnn(-c2ccccc2)c1. The molecule has 0 aliphatic rings. The van der Waals surface area contributed by atoms with Crippen LogP contribution in [0.4, 0.5) is 0 Å². The van der Waals surface area contributed by atoms with Gasteiger partial charge in [0.25, 0.3) is 5.91 Å². The molecule has 6 nitrogen and oxygen atoms in total. The van der Waals surface area contributed by atoms with Crippen molar-refractivity contribution in [2.45, 2.75) is 0 Å². The van der Waals surface area contributed by atoms with Gasteiger partial charge in [0.05, 0.1) is 18.1 Å². The van der Waals surface area contributed by atoms with Crippen LogP contribution in [0.5, 0.6) is 5.75 Å². The Bertz CT molecular complexity index is 495. The molecule has 6 heteroatoms. The molecule has 1 heterocycles. The number of aromatic nitrogens is 2. The first-order chi connectivity index (χ1) is 8.29. The van der Waals surface area contributed by atoms with E-state index in [1.165, 1.54) is 6.20 Å². The summed E-state index contributed by atoms with van der Waals surface area (Å²) >= 11 is 0. The highest BCUT2D eigenvalue weighted by molar-refractivity contribution is 5.76. The Morgan fingerprint density at radius 2 is 2.18 bits per heavy atom. The quantitative estimate of drug-likeness (QED) is 0.449. The molecule has 0 atom stereocenters. The van der Waals surface area contributed by atoms with E-state index in [9.17, 15) is 4.79 Å². The smallest absolute Gasteiger partial charge is 0.271 e. The first-order valence-electron chi connectivity index (χ1n) is 5.02. The van der Waals surface area contributed by atoms with E-state index in [0.29, 0.717) is 5.75 Å². The van der Waals surface area contributed by atoms with Crippen LogP contribution in [-0.4, -0.2) is 22.3 Å². The van der Waals surface area contributed by atoms with Gasteiger partial charge in [0, 0.05) is 0 Å². The Hall–Kier alpha value is -2.34. The van der Waals surface area contributed by atoms with Crippen molar-refractivity contribution >= 4 is 5.91 Å². The Morgan fingerprint density at radius 1 is 1.41 bits per heavy atom. The lowest BCUT2D eigenvalue weighted by molar-refractivity contribution is -0.123. The molecule has 0 fully saturated rings. The Balaban J connectivity index is 2.04. The second-order valence-corrected chi connectivity index (χ2v) is 3.31. The lowest BCUT2D eigenvalue weighted by Crippen LogP contribution is -2.34. The van der Waals surface area contributed by atoms with Gasteiger partial charge < -0.3 is 4.74 Å². The van der Waals surface area contributed by atoms with Crippen LogP contribution in [0, 0.1) is 0 Å². The molecule has 17 heavy (non-hydrogen) atoms. The minimum absolute atomic E-state index is 0.128. The van der Waals surface area contributed by atoms with Crippen molar-refractivity contribution in [1.29, 1.82) is 0 Å². The first kappa shape index (κ1) is 11.2. The highest BCUT2D eigenvalue weighted by Gasteiger charge is 2.03. The van der Waals surface area contributed by atoms with Gasteiger partial charge in [0.1, 0.15) is 0 Å². The maximum absolute atomic E-state index is 10.9. The molecule has 2 rings (SSSR count). The zero-order chi connectivity index (χ0) is 12.1. The van der Waals surface area contributed by atoms with E-state index in [-0.39, 0.29) is 6.61 Å². The number of para-hydroxylation sites is 1. The zero-order valence-corrected chi connectivity index (χ0v) is 9.04. The van der Waals surface area contributed by atoms with Crippen molar-refractivity contribution in [3.05, 3.63) is 42.7 Å². The molecule has 0 unspecified atom stereocenters. The molecule has 0 bridgehead atoms. The number of amides is 1. The largest absolute Gasteiger partial charge is 0.480 e. The van der Waals surface area contributed by atoms with E-state index < -0.39 is 5.91 Å². The maximum Gasteiger partial charge on any atom is 0.271 e. The molecular formula is C11H12N4O2. The van der Waals surface area contributed by atoms with Crippen LogP contribution in [-0.2, 0) is 4.79 Å². The monoisotopic (exact) mass is 232 g/mol. The fourth-order valence-electron chi connectivity index (χ4n) is 1.29. The van der Waals surface area contributed by atoms with Gasteiger partial charge in [-0.2, -0.15) is 5.10 Å². The first-order valence-corrected chi connectivity index (χ1v) is 5.02. The number of carbonyl (C=O) groups excluding carboxylic acids is 1. The number of benzene rings is 1. The summed E-state index contributed by atoms with van der Waals surface area (Å²) in [5.41, 5.74) is 2.90. The summed E-state index contributed by atoms with van der Waals surface area (Å²) < 4.78 is 6.85. The van der Waals surface area contributed by atoms with Gasteiger partial charge in [0.15, 0.2) is 12.4 Å². The summed E-state index contributed by atoms with van der Waals surface area (Å²) in [4.78, 5) is 10.9. The van der Waals surface area contributed by atoms with Crippen LogP contribution in [0.1, 0.15) is 0 Å². The molecule has 88 valence electrons. The van der Waals surface area contributed by atoms with Gasteiger partial charge >= 0.3 is 0 Å². The number of nitrogens with two attached hydrogens (primary N) is 1. The summed E-state index contributed by atoms with van der Waals surface area (Å²) in [5.74, 6) is 5.05. The van der Waals surface area contributed by atoms with Crippen molar-refractivity contribution in [1.82, 2.24) is 15.2 Å². The lowest BCUT2D eigenvalue weighted by atomic mass is 10.3. The summed E-state index contributed by atoms with van der Waals surface area (Å²) in [6, 6.07) is 9.60. The molecule has 0 saturated heterocycles. The molecule has 0 spiro atoms. The third kappa shape index (κ3) is 2.82. The van der Waals surface area contributed by atoms with Crippen LogP contribution in [0.2, 0.25) is 0 Å². The second-order valence-electron chi connectivity index (χ2n) is 3.31. The van der Waals surface area contributed by atoms with Crippen molar-refractivity contribution < 1.29 is 9.53 Å². The van der Waals surface area contributed by atoms with Gasteiger partial charge in [0.2, 0.25) is 0 Å². The molecule has 0 aliphatic heterocycles. The molecule has 0 saturated carbocycles. The maximum atomic E-state index is 10.9. The summed E-state index contributed by atoms with van der Waals surface area (Å²) in [6.07, 6.45) is 3.23.